The van der Waals surface area contributed by atoms with E-state index in [0.717, 1.165) is 6.26 Å². The molecule has 2 rings (SSSR count). The van der Waals surface area contributed by atoms with Crippen molar-refractivity contribution >= 4 is 15.7 Å². The molecular weight excluding hydrogens is 271 g/mol. The lowest BCUT2D eigenvalue weighted by Crippen LogP contribution is -2.08. The predicted molar refractivity (Wildman–Crippen MR) is 69.6 cm³/mol. The summed E-state index contributed by atoms with van der Waals surface area (Å²) in [5.41, 5.74) is 6.43. The van der Waals surface area contributed by atoms with Gasteiger partial charge in [-0.25, -0.2) is 12.8 Å². The van der Waals surface area contributed by atoms with E-state index in [2.05, 4.69) is 5.16 Å². The maximum Gasteiger partial charge on any atom is 0.175 e. The maximum atomic E-state index is 13.2. The summed E-state index contributed by atoms with van der Waals surface area (Å²) >= 11 is 0. The topological polar surface area (TPSA) is 86.2 Å². The molecule has 0 aliphatic carbocycles. The Labute approximate surface area is 110 Å². The van der Waals surface area contributed by atoms with Crippen LogP contribution in [0.4, 0.5) is 10.2 Å². The zero-order valence-electron chi connectivity index (χ0n) is 10.4. The molecule has 0 bridgehead atoms. The quantitative estimate of drug-likeness (QED) is 0.933. The Bertz CT molecular complexity index is 710. The monoisotopic (exact) mass is 284 g/mol. The smallest absolute Gasteiger partial charge is 0.175 e. The zero-order chi connectivity index (χ0) is 14.2. The summed E-state index contributed by atoms with van der Waals surface area (Å²) in [4.78, 5) is 0. The van der Waals surface area contributed by atoms with Gasteiger partial charge in [-0.2, -0.15) is 0 Å². The van der Waals surface area contributed by atoms with Gasteiger partial charge in [-0.1, -0.05) is 17.3 Å². The first kappa shape index (κ1) is 13.5. The fourth-order valence-corrected chi connectivity index (χ4v) is 2.27. The molecule has 19 heavy (non-hydrogen) atoms. The SMILES string of the molecule is CC(c1onc(N)c1-c1cccc(F)c1)S(C)(=O)=O. The number of hydrogen-bond acceptors (Lipinski definition) is 5. The van der Waals surface area contributed by atoms with Gasteiger partial charge in [0.05, 0.1) is 5.56 Å². The summed E-state index contributed by atoms with van der Waals surface area (Å²) in [7, 11) is -3.37. The number of aromatic nitrogens is 1. The molecule has 2 N–H and O–H groups in total. The number of anilines is 1. The Kier molecular flexibility index (Phi) is 3.32. The van der Waals surface area contributed by atoms with Crippen LogP contribution < -0.4 is 5.73 Å². The van der Waals surface area contributed by atoms with Gasteiger partial charge in [0.2, 0.25) is 0 Å². The summed E-state index contributed by atoms with van der Waals surface area (Å²) in [5, 5.41) is 2.67. The Hall–Kier alpha value is -1.89. The number of hydrogen-bond donors (Lipinski definition) is 1. The van der Waals surface area contributed by atoms with E-state index in [9.17, 15) is 12.8 Å². The first-order valence-electron chi connectivity index (χ1n) is 5.50. The van der Waals surface area contributed by atoms with Gasteiger partial charge in [-0.3, -0.25) is 0 Å². The summed E-state index contributed by atoms with van der Waals surface area (Å²) in [6, 6.07) is 5.66. The van der Waals surface area contributed by atoms with Crippen LogP contribution in [-0.2, 0) is 9.84 Å². The lowest BCUT2D eigenvalue weighted by molar-refractivity contribution is 0.385. The average molecular weight is 284 g/mol. The molecule has 1 aromatic carbocycles. The largest absolute Gasteiger partial charge is 0.380 e. The van der Waals surface area contributed by atoms with Crippen molar-refractivity contribution in [3.63, 3.8) is 0 Å². The van der Waals surface area contributed by atoms with Crippen molar-refractivity contribution in [3.8, 4) is 11.1 Å². The molecule has 0 saturated carbocycles. The highest BCUT2D eigenvalue weighted by Gasteiger charge is 2.27. The van der Waals surface area contributed by atoms with Crippen LogP contribution in [0.15, 0.2) is 28.8 Å². The van der Waals surface area contributed by atoms with Crippen molar-refractivity contribution in [1.29, 1.82) is 0 Å². The lowest BCUT2D eigenvalue weighted by Gasteiger charge is -2.08. The third kappa shape index (κ3) is 2.60. The standard InChI is InChI=1S/C12H13FN2O3S/c1-7(19(2,16)17)11-10(12(14)15-18-11)8-4-3-5-9(13)6-8/h3-7H,1-2H3,(H2,14,15). The van der Waals surface area contributed by atoms with Gasteiger partial charge in [0.25, 0.3) is 0 Å². The summed E-state index contributed by atoms with van der Waals surface area (Å²) in [5.74, 6) is -0.294. The van der Waals surface area contributed by atoms with Crippen molar-refractivity contribution in [2.45, 2.75) is 12.2 Å². The highest BCUT2D eigenvalue weighted by Crippen LogP contribution is 2.36. The number of nitrogen functional groups attached to an aromatic ring is 1. The number of benzene rings is 1. The number of halogens is 1. The molecule has 0 saturated heterocycles. The Balaban J connectivity index is 2.62. The van der Waals surface area contributed by atoms with Crippen LogP contribution >= 0.6 is 0 Å². The number of nitrogens with two attached hydrogens (primary N) is 1. The van der Waals surface area contributed by atoms with Crippen molar-refractivity contribution in [2.24, 2.45) is 0 Å². The molecule has 0 aliphatic rings. The van der Waals surface area contributed by atoms with Crippen LogP contribution in [0, 0.1) is 5.82 Å². The minimum atomic E-state index is -3.37. The Morgan fingerprint density at radius 3 is 2.68 bits per heavy atom. The van der Waals surface area contributed by atoms with Gasteiger partial charge >= 0.3 is 0 Å². The predicted octanol–water partition coefficient (Wildman–Crippen LogP) is 2.17. The van der Waals surface area contributed by atoms with Crippen molar-refractivity contribution in [1.82, 2.24) is 5.16 Å². The summed E-state index contributed by atoms with van der Waals surface area (Å²) in [6.45, 7) is 1.47. The van der Waals surface area contributed by atoms with Crippen LogP contribution in [0.2, 0.25) is 0 Å². The van der Waals surface area contributed by atoms with Crippen molar-refractivity contribution in [2.75, 3.05) is 12.0 Å². The fraction of sp³-hybridized carbons (Fsp3) is 0.250. The molecule has 1 heterocycles. The molecule has 7 heteroatoms. The normalized spacial score (nSPS) is 13.4. The minimum Gasteiger partial charge on any atom is -0.380 e. The van der Waals surface area contributed by atoms with Crippen LogP contribution in [0.25, 0.3) is 11.1 Å². The van der Waals surface area contributed by atoms with Crippen LogP contribution in [0.3, 0.4) is 0 Å². The molecule has 0 fully saturated rings. The molecule has 0 radical (unpaired) electrons. The van der Waals surface area contributed by atoms with E-state index in [-0.39, 0.29) is 11.6 Å². The lowest BCUT2D eigenvalue weighted by atomic mass is 10.0. The highest BCUT2D eigenvalue weighted by molar-refractivity contribution is 7.90. The Morgan fingerprint density at radius 2 is 2.11 bits per heavy atom. The van der Waals surface area contributed by atoms with Gasteiger partial charge in [0.15, 0.2) is 21.4 Å². The van der Waals surface area contributed by atoms with E-state index in [0.29, 0.717) is 11.1 Å². The molecule has 1 aromatic heterocycles. The van der Waals surface area contributed by atoms with Crippen LogP contribution in [0.5, 0.6) is 0 Å². The van der Waals surface area contributed by atoms with Crippen LogP contribution in [0.1, 0.15) is 17.9 Å². The molecule has 0 aliphatic heterocycles. The summed E-state index contributed by atoms with van der Waals surface area (Å²) < 4.78 is 41.4. The highest BCUT2D eigenvalue weighted by atomic mass is 32.2. The van der Waals surface area contributed by atoms with Gasteiger partial charge in [0, 0.05) is 6.26 Å². The van der Waals surface area contributed by atoms with E-state index in [1.807, 2.05) is 0 Å². The number of nitrogens with zero attached hydrogens (tertiary/aromatic N) is 1. The first-order chi connectivity index (χ1) is 8.80. The van der Waals surface area contributed by atoms with E-state index in [1.165, 1.54) is 25.1 Å². The molecule has 5 nitrogen and oxygen atoms in total. The molecule has 1 atom stereocenters. The third-order valence-corrected chi connectivity index (χ3v) is 4.37. The number of sulfone groups is 1. The first-order valence-corrected chi connectivity index (χ1v) is 7.46. The average Bonchev–Trinajstić information content (AvgIpc) is 2.68. The van der Waals surface area contributed by atoms with Crippen molar-refractivity contribution < 1.29 is 17.3 Å². The molecule has 102 valence electrons. The third-order valence-electron chi connectivity index (χ3n) is 2.87. The van der Waals surface area contributed by atoms with Gasteiger partial charge in [-0.05, 0) is 24.6 Å². The number of rotatable bonds is 3. The minimum absolute atomic E-state index is 0.0381. The zero-order valence-corrected chi connectivity index (χ0v) is 11.2. The molecular formula is C12H13FN2O3S. The molecule has 0 spiro atoms. The summed E-state index contributed by atoms with van der Waals surface area (Å²) in [6.07, 6.45) is 1.09. The van der Waals surface area contributed by atoms with Gasteiger partial charge < -0.3 is 10.3 Å². The molecule has 1 unspecified atom stereocenters. The molecule has 0 amide bonds. The van der Waals surface area contributed by atoms with Gasteiger partial charge in [-0.15, -0.1) is 0 Å². The maximum absolute atomic E-state index is 13.2. The second kappa shape index (κ2) is 4.65. The van der Waals surface area contributed by atoms with Gasteiger partial charge in [0.1, 0.15) is 11.1 Å². The van der Waals surface area contributed by atoms with E-state index < -0.39 is 20.9 Å². The fourth-order valence-electron chi connectivity index (χ4n) is 1.72. The van der Waals surface area contributed by atoms with Crippen LogP contribution in [-0.4, -0.2) is 19.8 Å². The van der Waals surface area contributed by atoms with E-state index in [1.54, 1.807) is 6.07 Å². The second-order valence-electron chi connectivity index (χ2n) is 4.29. The van der Waals surface area contributed by atoms with E-state index in [4.69, 9.17) is 10.3 Å². The van der Waals surface area contributed by atoms with Crippen molar-refractivity contribution in [3.05, 3.63) is 35.8 Å². The van der Waals surface area contributed by atoms with E-state index >= 15 is 0 Å². The molecule has 2 aromatic rings. The Morgan fingerprint density at radius 1 is 1.42 bits per heavy atom. The second-order valence-corrected chi connectivity index (χ2v) is 6.66.